The average molecular weight is 361 g/mol. The van der Waals surface area contributed by atoms with Crippen LogP contribution in [0.5, 0.6) is 11.5 Å². The van der Waals surface area contributed by atoms with Crippen LogP contribution in [0.25, 0.3) is 0 Å². The van der Waals surface area contributed by atoms with Gasteiger partial charge in [0.2, 0.25) is 0 Å². The normalized spacial score (nSPS) is 21.6. The number of piperidine rings is 1. The summed E-state index contributed by atoms with van der Waals surface area (Å²) >= 11 is 0. The number of ether oxygens (including phenoxy) is 2. The molecule has 3 rings (SSSR count). The summed E-state index contributed by atoms with van der Waals surface area (Å²) in [6.45, 7) is 7.63. The summed E-state index contributed by atoms with van der Waals surface area (Å²) in [5.74, 6) is 2.21. The zero-order valence-electron chi connectivity index (χ0n) is 15.9. The second-order valence-corrected chi connectivity index (χ2v) is 7.25. The van der Waals surface area contributed by atoms with Gasteiger partial charge in [-0.3, -0.25) is 0 Å². The number of rotatable bonds is 6. The van der Waals surface area contributed by atoms with Gasteiger partial charge in [-0.15, -0.1) is 0 Å². The van der Waals surface area contributed by atoms with Crippen LogP contribution in [-0.4, -0.2) is 68.3 Å². The zero-order chi connectivity index (χ0) is 18.4. The molecular formula is C20H31N3O3. The van der Waals surface area contributed by atoms with Crippen molar-refractivity contribution in [1.82, 2.24) is 15.1 Å². The van der Waals surface area contributed by atoms with Crippen molar-refractivity contribution in [2.24, 2.45) is 5.92 Å². The second-order valence-electron chi connectivity index (χ2n) is 7.25. The smallest absolute Gasteiger partial charge is 0.317 e. The van der Waals surface area contributed by atoms with E-state index in [-0.39, 0.29) is 6.03 Å². The Labute approximate surface area is 156 Å². The van der Waals surface area contributed by atoms with Crippen molar-refractivity contribution in [1.29, 1.82) is 0 Å². The summed E-state index contributed by atoms with van der Waals surface area (Å²) in [4.78, 5) is 16.8. The highest BCUT2D eigenvalue weighted by Gasteiger charge is 2.27. The van der Waals surface area contributed by atoms with Crippen molar-refractivity contribution in [2.75, 3.05) is 46.4 Å². The van der Waals surface area contributed by atoms with Crippen molar-refractivity contribution in [3.63, 3.8) is 0 Å². The second kappa shape index (κ2) is 9.12. The number of benzene rings is 1. The number of likely N-dealkylation sites (N-methyl/N-ethyl adjacent to an activating group) is 1. The molecule has 2 heterocycles. The van der Waals surface area contributed by atoms with Crippen molar-refractivity contribution in [2.45, 2.75) is 32.2 Å². The lowest BCUT2D eigenvalue weighted by Gasteiger charge is -2.32. The summed E-state index contributed by atoms with van der Waals surface area (Å²) in [6.07, 6.45) is 3.05. The van der Waals surface area contributed by atoms with E-state index in [4.69, 9.17) is 9.47 Å². The Balaban J connectivity index is 1.36. The number of methoxy groups -OCH3 is 1. The molecule has 0 aromatic heterocycles. The summed E-state index contributed by atoms with van der Waals surface area (Å²) in [7, 11) is 1.66. The summed E-state index contributed by atoms with van der Waals surface area (Å²) in [5.41, 5.74) is 0. The molecule has 2 aliphatic rings. The van der Waals surface area contributed by atoms with Gasteiger partial charge in [-0.2, -0.15) is 0 Å². The maximum atomic E-state index is 12.4. The maximum absolute atomic E-state index is 12.4. The fraction of sp³-hybridized carbons (Fsp3) is 0.650. The van der Waals surface area contributed by atoms with Crippen LogP contribution in [0, 0.1) is 5.92 Å². The Morgan fingerprint density at radius 1 is 1.12 bits per heavy atom. The molecule has 2 fully saturated rings. The monoisotopic (exact) mass is 361 g/mol. The predicted molar refractivity (Wildman–Crippen MR) is 102 cm³/mol. The molecule has 1 atom stereocenters. The van der Waals surface area contributed by atoms with Crippen LogP contribution in [0.3, 0.4) is 0 Å². The first kappa shape index (κ1) is 18.8. The molecule has 26 heavy (non-hydrogen) atoms. The molecule has 1 N–H and O–H groups in total. The SMILES string of the molecule is CCN1CC[C@H](NC(=O)N2CCC(COc3ccc(OC)cc3)CC2)C1. The fourth-order valence-electron chi connectivity index (χ4n) is 3.69. The molecule has 0 saturated carbocycles. The van der Waals surface area contributed by atoms with Crippen molar-refractivity contribution in [3.8, 4) is 11.5 Å². The Morgan fingerprint density at radius 3 is 2.42 bits per heavy atom. The summed E-state index contributed by atoms with van der Waals surface area (Å²) < 4.78 is 11.0. The zero-order valence-corrected chi connectivity index (χ0v) is 15.9. The first-order chi connectivity index (χ1) is 12.7. The van der Waals surface area contributed by atoms with E-state index < -0.39 is 0 Å². The van der Waals surface area contributed by atoms with Crippen LogP contribution < -0.4 is 14.8 Å². The number of amides is 2. The van der Waals surface area contributed by atoms with Crippen LogP contribution in [0.4, 0.5) is 4.79 Å². The average Bonchev–Trinajstić information content (AvgIpc) is 3.14. The fourth-order valence-corrected chi connectivity index (χ4v) is 3.69. The molecule has 0 spiro atoms. The van der Waals surface area contributed by atoms with E-state index in [0.717, 1.165) is 63.5 Å². The maximum Gasteiger partial charge on any atom is 0.317 e. The number of nitrogens with one attached hydrogen (secondary N) is 1. The molecule has 2 saturated heterocycles. The molecule has 0 radical (unpaired) electrons. The van der Waals surface area contributed by atoms with Crippen LogP contribution in [0.1, 0.15) is 26.2 Å². The number of likely N-dealkylation sites (tertiary alicyclic amines) is 2. The molecule has 0 aliphatic carbocycles. The first-order valence-electron chi connectivity index (χ1n) is 9.72. The van der Waals surface area contributed by atoms with Gasteiger partial charge in [-0.25, -0.2) is 4.79 Å². The van der Waals surface area contributed by atoms with E-state index in [1.807, 2.05) is 29.2 Å². The number of carbonyl (C=O) groups is 1. The molecule has 6 heteroatoms. The molecule has 1 aromatic carbocycles. The molecule has 144 valence electrons. The predicted octanol–water partition coefficient (Wildman–Crippen LogP) is 2.59. The number of hydrogen-bond acceptors (Lipinski definition) is 4. The van der Waals surface area contributed by atoms with Gasteiger partial charge < -0.3 is 24.6 Å². The quantitative estimate of drug-likeness (QED) is 0.846. The molecule has 0 bridgehead atoms. The summed E-state index contributed by atoms with van der Waals surface area (Å²) in [6, 6.07) is 8.09. The minimum Gasteiger partial charge on any atom is -0.497 e. The van der Waals surface area contributed by atoms with Gasteiger partial charge in [0.05, 0.1) is 13.7 Å². The highest BCUT2D eigenvalue weighted by molar-refractivity contribution is 5.74. The van der Waals surface area contributed by atoms with Gasteiger partial charge in [0, 0.05) is 32.2 Å². The van der Waals surface area contributed by atoms with Gasteiger partial charge in [-0.05, 0) is 56.0 Å². The standard InChI is InChI=1S/C20H31N3O3/c1-3-22-11-10-17(14-22)21-20(24)23-12-8-16(9-13-23)15-26-19-6-4-18(25-2)5-7-19/h4-7,16-17H,3,8-15H2,1-2H3,(H,21,24)/t17-/m0/s1. The molecule has 2 amide bonds. The van der Waals surface area contributed by atoms with Crippen LogP contribution in [0.15, 0.2) is 24.3 Å². The topological polar surface area (TPSA) is 54.0 Å². The van der Waals surface area contributed by atoms with E-state index in [0.29, 0.717) is 18.6 Å². The van der Waals surface area contributed by atoms with Crippen molar-refractivity contribution < 1.29 is 14.3 Å². The Hall–Kier alpha value is -1.95. The van der Waals surface area contributed by atoms with Gasteiger partial charge in [-0.1, -0.05) is 6.92 Å². The molecule has 6 nitrogen and oxygen atoms in total. The minimum absolute atomic E-state index is 0.0995. The molecule has 2 aliphatic heterocycles. The number of hydrogen-bond donors (Lipinski definition) is 1. The van der Waals surface area contributed by atoms with Crippen LogP contribution in [0.2, 0.25) is 0 Å². The highest BCUT2D eigenvalue weighted by atomic mass is 16.5. The lowest BCUT2D eigenvalue weighted by molar-refractivity contribution is 0.143. The van der Waals surface area contributed by atoms with E-state index in [2.05, 4.69) is 17.1 Å². The van der Waals surface area contributed by atoms with Crippen molar-refractivity contribution in [3.05, 3.63) is 24.3 Å². The van der Waals surface area contributed by atoms with Crippen LogP contribution >= 0.6 is 0 Å². The molecule has 1 aromatic rings. The van der Waals surface area contributed by atoms with E-state index in [1.54, 1.807) is 7.11 Å². The Morgan fingerprint density at radius 2 is 1.81 bits per heavy atom. The van der Waals surface area contributed by atoms with Gasteiger partial charge in [0.1, 0.15) is 11.5 Å². The molecule has 0 unspecified atom stereocenters. The number of nitrogens with zero attached hydrogens (tertiary/aromatic N) is 2. The van der Waals surface area contributed by atoms with E-state index in [1.165, 1.54) is 0 Å². The van der Waals surface area contributed by atoms with E-state index >= 15 is 0 Å². The lowest BCUT2D eigenvalue weighted by Crippen LogP contribution is -2.49. The third-order valence-corrected chi connectivity index (χ3v) is 5.49. The van der Waals surface area contributed by atoms with Gasteiger partial charge in [0.25, 0.3) is 0 Å². The minimum atomic E-state index is 0.0995. The number of urea groups is 1. The van der Waals surface area contributed by atoms with Gasteiger partial charge >= 0.3 is 6.03 Å². The first-order valence-corrected chi connectivity index (χ1v) is 9.72. The molecular weight excluding hydrogens is 330 g/mol. The third-order valence-electron chi connectivity index (χ3n) is 5.49. The van der Waals surface area contributed by atoms with Crippen LogP contribution in [-0.2, 0) is 0 Å². The summed E-state index contributed by atoms with van der Waals surface area (Å²) in [5, 5.41) is 3.20. The number of carbonyl (C=O) groups excluding carboxylic acids is 1. The van der Waals surface area contributed by atoms with Gasteiger partial charge in [0.15, 0.2) is 0 Å². The lowest BCUT2D eigenvalue weighted by atomic mass is 9.98. The third kappa shape index (κ3) is 5.04. The van der Waals surface area contributed by atoms with Crippen molar-refractivity contribution >= 4 is 6.03 Å². The van der Waals surface area contributed by atoms with E-state index in [9.17, 15) is 4.79 Å². The Bertz CT molecular complexity index is 570. The largest absolute Gasteiger partial charge is 0.497 e. The highest BCUT2D eigenvalue weighted by Crippen LogP contribution is 2.21. The Kier molecular flexibility index (Phi) is 6.61.